The van der Waals surface area contributed by atoms with Crippen molar-refractivity contribution in [2.24, 2.45) is 5.73 Å². The number of H-pyrrole nitrogens is 1. The lowest BCUT2D eigenvalue weighted by atomic mass is 10.1. The molecule has 0 fully saturated rings. The Balaban J connectivity index is 2.41. The van der Waals surface area contributed by atoms with Gasteiger partial charge in [-0.25, -0.2) is 9.37 Å². The molecule has 1 heterocycles. The zero-order chi connectivity index (χ0) is 13.1. The predicted octanol–water partition coefficient (Wildman–Crippen LogP) is 2.38. The fourth-order valence-electron chi connectivity index (χ4n) is 1.85. The van der Waals surface area contributed by atoms with E-state index in [0.717, 1.165) is 11.5 Å². The van der Waals surface area contributed by atoms with Gasteiger partial charge in [0, 0.05) is 12.1 Å². The topological polar surface area (TPSA) is 63.9 Å². The first-order valence-corrected chi connectivity index (χ1v) is 5.84. The van der Waals surface area contributed by atoms with Gasteiger partial charge in [-0.3, -0.25) is 0 Å². The maximum atomic E-state index is 13.8. The van der Waals surface area contributed by atoms with Crippen molar-refractivity contribution in [3.8, 4) is 17.0 Å². The Kier molecular flexibility index (Phi) is 3.62. The van der Waals surface area contributed by atoms with Gasteiger partial charge in [0.15, 0.2) is 11.6 Å². The van der Waals surface area contributed by atoms with E-state index in [9.17, 15) is 4.39 Å². The molecule has 0 atom stereocenters. The normalized spacial score (nSPS) is 10.7. The summed E-state index contributed by atoms with van der Waals surface area (Å²) < 4.78 is 18.9. The van der Waals surface area contributed by atoms with Crippen LogP contribution in [0.3, 0.4) is 0 Å². The lowest BCUT2D eigenvalue weighted by Crippen LogP contribution is -1.99. The first-order chi connectivity index (χ1) is 8.65. The molecule has 96 valence electrons. The summed E-state index contributed by atoms with van der Waals surface area (Å²) in [5.41, 5.74) is 7.82. The van der Waals surface area contributed by atoms with Crippen LogP contribution >= 0.6 is 0 Å². The molecule has 0 spiro atoms. The molecule has 0 aliphatic rings. The van der Waals surface area contributed by atoms with Gasteiger partial charge in [-0.2, -0.15) is 0 Å². The number of aromatic amines is 1. The average molecular weight is 249 g/mol. The summed E-state index contributed by atoms with van der Waals surface area (Å²) in [5, 5.41) is 0. The number of hydrogen-bond acceptors (Lipinski definition) is 3. The zero-order valence-electron chi connectivity index (χ0n) is 10.5. The van der Waals surface area contributed by atoms with Gasteiger partial charge in [-0.15, -0.1) is 0 Å². The van der Waals surface area contributed by atoms with E-state index in [1.807, 2.05) is 13.8 Å². The van der Waals surface area contributed by atoms with Crippen LogP contribution < -0.4 is 10.5 Å². The van der Waals surface area contributed by atoms with Gasteiger partial charge < -0.3 is 15.5 Å². The number of rotatable bonds is 4. The minimum Gasteiger partial charge on any atom is -0.491 e. The average Bonchev–Trinajstić information content (AvgIpc) is 2.73. The highest BCUT2D eigenvalue weighted by Crippen LogP contribution is 2.26. The molecule has 0 saturated carbocycles. The molecule has 18 heavy (non-hydrogen) atoms. The number of nitrogens with one attached hydrogen (secondary N) is 1. The van der Waals surface area contributed by atoms with E-state index in [2.05, 4.69) is 9.97 Å². The summed E-state index contributed by atoms with van der Waals surface area (Å²) in [6.45, 7) is 4.43. The first-order valence-electron chi connectivity index (χ1n) is 5.84. The number of nitrogens with two attached hydrogens (primary N) is 1. The molecule has 0 radical (unpaired) electrons. The highest BCUT2D eigenvalue weighted by molar-refractivity contribution is 5.63. The van der Waals surface area contributed by atoms with E-state index in [0.29, 0.717) is 24.4 Å². The number of benzene rings is 1. The summed E-state index contributed by atoms with van der Waals surface area (Å²) in [4.78, 5) is 7.39. The fraction of sp³-hybridized carbons (Fsp3) is 0.308. The first kappa shape index (κ1) is 12.6. The molecule has 0 unspecified atom stereocenters. The second-order valence-corrected chi connectivity index (χ2v) is 3.93. The largest absolute Gasteiger partial charge is 0.491 e. The third-order valence-electron chi connectivity index (χ3n) is 2.61. The molecular formula is C13H16FN3O. The summed E-state index contributed by atoms with van der Waals surface area (Å²) in [7, 11) is 0. The minimum absolute atomic E-state index is 0.253. The van der Waals surface area contributed by atoms with Crippen molar-refractivity contribution in [1.29, 1.82) is 0 Å². The lowest BCUT2D eigenvalue weighted by Gasteiger charge is -2.06. The molecular weight excluding hydrogens is 233 g/mol. The molecule has 0 aliphatic carbocycles. The van der Waals surface area contributed by atoms with Crippen molar-refractivity contribution in [3.05, 3.63) is 35.5 Å². The molecule has 1 aromatic carbocycles. The molecule has 1 aromatic heterocycles. The number of aromatic nitrogens is 2. The molecule has 0 bridgehead atoms. The number of ether oxygens (including phenoxy) is 1. The Morgan fingerprint density at radius 1 is 1.44 bits per heavy atom. The maximum absolute atomic E-state index is 13.8. The molecule has 3 N–H and O–H groups in total. The van der Waals surface area contributed by atoms with E-state index in [4.69, 9.17) is 10.5 Å². The van der Waals surface area contributed by atoms with Crippen LogP contribution in [0.4, 0.5) is 4.39 Å². The fourth-order valence-corrected chi connectivity index (χ4v) is 1.85. The monoisotopic (exact) mass is 249 g/mol. The number of aryl methyl sites for hydroxylation is 1. The van der Waals surface area contributed by atoms with Crippen molar-refractivity contribution < 1.29 is 9.13 Å². The van der Waals surface area contributed by atoms with E-state index < -0.39 is 5.82 Å². The SMILES string of the molecule is CCOc1ccc(-c2nc(C)[nH]c2CN)cc1F. The van der Waals surface area contributed by atoms with Crippen molar-refractivity contribution in [3.63, 3.8) is 0 Å². The van der Waals surface area contributed by atoms with Gasteiger partial charge in [-0.05, 0) is 32.0 Å². The summed E-state index contributed by atoms with van der Waals surface area (Å²) >= 11 is 0. The van der Waals surface area contributed by atoms with Crippen LogP contribution in [0.15, 0.2) is 18.2 Å². The molecule has 2 rings (SSSR count). The van der Waals surface area contributed by atoms with Crippen molar-refractivity contribution in [1.82, 2.24) is 9.97 Å². The van der Waals surface area contributed by atoms with Crippen LogP contribution in [-0.2, 0) is 6.54 Å². The Morgan fingerprint density at radius 3 is 2.83 bits per heavy atom. The Hall–Kier alpha value is -1.88. The van der Waals surface area contributed by atoms with Crippen LogP contribution in [0.1, 0.15) is 18.4 Å². The van der Waals surface area contributed by atoms with Crippen LogP contribution in [0, 0.1) is 12.7 Å². The zero-order valence-corrected chi connectivity index (χ0v) is 10.5. The van der Waals surface area contributed by atoms with Crippen molar-refractivity contribution >= 4 is 0 Å². The van der Waals surface area contributed by atoms with Crippen LogP contribution in [-0.4, -0.2) is 16.6 Å². The lowest BCUT2D eigenvalue weighted by molar-refractivity contribution is 0.321. The van der Waals surface area contributed by atoms with Crippen molar-refractivity contribution in [2.75, 3.05) is 6.61 Å². The summed E-state index contributed by atoms with van der Waals surface area (Å²) in [6, 6.07) is 4.81. The second kappa shape index (κ2) is 5.18. The van der Waals surface area contributed by atoms with Gasteiger partial charge in [0.1, 0.15) is 5.82 Å². The highest BCUT2D eigenvalue weighted by atomic mass is 19.1. The summed E-state index contributed by atoms with van der Waals surface area (Å²) in [6.07, 6.45) is 0. The molecule has 2 aromatic rings. The second-order valence-electron chi connectivity index (χ2n) is 3.93. The Labute approximate surface area is 105 Å². The summed E-state index contributed by atoms with van der Waals surface area (Å²) in [5.74, 6) is 0.625. The van der Waals surface area contributed by atoms with Crippen LogP contribution in [0.2, 0.25) is 0 Å². The van der Waals surface area contributed by atoms with Gasteiger partial charge in [0.05, 0.1) is 18.0 Å². The predicted molar refractivity (Wildman–Crippen MR) is 67.8 cm³/mol. The van der Waals surface area contributed by atoms with Crippen LogP contribution in [0.25, 0.3) is 11.3 Å². The number of imidazole rings is 1. The molecule has 0 aliphatic heterocycles. The van der Waals surface area contributed by atoms with E-state index in [-0.39, 0.29) is 5.75 Å². The number of nitrogens with zero attached hydrogens (tertiary/aromatic N) is 1. The number of halogens is 1. The quantitative estimate of drug-likeness (QED) is 0.874. The Bertz CT molecular complexity index is 551. The highest BCUT2D eigenvalue weighted by Gasteiger charge is 2.12. The number of hydrogen-bond donors (Lipinski definition) is 2. The van der Waals surface area contributed by atoms with E-state index >= 15 is 0 Å². The molecule has 0 saturated heterocycles. The van der Waals surface area contributed by atoms with Crippen molar-refractivity contribution in [2.45, 2.75) is 20.4 Å². The molecule has 5 heteroatoms. The maximum Gasteiger partial charge on any atom is 0.165 e. The third-order valence-corrected chi connectivity index (χ3v) is 2.61. The van der Waals surface area contributed by atoms with E-state index in [1.165, 1.54) is 6.07 Å². The van der Waals surface area contributed by atoms with Gasteiger partial charge in [-0.1, -0.05) is 0 Å². The minimum atomic E-state index is -0.391. The van der Waals surface area contributed by atoms with Crippen LogP contribution in [0.5, 0.6) is 5.75 Å². The van der Waals surface area contributed by atoms with Gasteiger partial charge >= 0.3 is 0 Å². The molecule has 4 nitrogen and oxygen atoms in total. The third kappa shape index (κ3) is 2.36. The smallest absolute Gasteiger partial charge is 0.165 e. The van der Waals surface area contributed by atoms with Gasteiger partial charge in [0.25, 0.3) is 0 Å². The molecule has 0 amide bonds. The van der Waals surface area contributed by atoms with Gasteiger partial charge in [0.2, 0.25) is 0 Å². The van der Waals surface area contributed by atoms with E-state index in [1.54, 1.807) is 12.1 Å². The standard InChI is InChI=1S/C13H16FN3O/c1-3-18-12-5-4-9(6-10(12)14)13-11(7-15)16-8(2)17-13/h4-6H,3,7,15H2,1-2H3,(H,16,17). The Morgan fingerprint density at radius 2 is 2.22 bits per heavy atom.